The first-order valence-corrected chi connectivity index (χ1v) is 7.17. The Morgan fingerprint density at radius 1 is 1.10 bits per heavy atom. The van der Waals surface area contributed by atoms with E-state index < -0.39 is 0 Å². The minimum Gasteiger partial charge on any atom is -0.484 e. The predicted molar refractivity (Wildman–Crippen MR) is 85.4 cm³/mol. The van der Waals surface area contributed by atoms with Gasteiger partial charge in [0.25, 0.3) is 0 Å². The molecule has 0 aliphatic rings. The summed E-state index contributed by atoms with van der Waals surface area (Å²) < 4.78 is 11.3. The van der Waals surface area contributed by atoms with Gasteiger partial charge in [0.2, 0.25) is 0 Å². The first kappa shape index (κ1) is 15.5. The number of nitrogens with two attached hydrogens (primary N) is 1. The molecule has 2 N–H and O–H groups in total. The number of hydrogen-bond donors (Lipinski definition) is 1. The smallest absolute Gasteiger partial charge is 0.138 e. The Kier molecular flexibility index (Phi) is 5.37. The van der Waals surface area contributed by atoms with Crippen LogP contribution in [0.2, 0.25) is 0 Å². The Hall–Kier alpha value is -1.84. The maximum Gasteiger partial charge on any atom is 0.138 e. The van der Waals surface area contributed by atoms with Crippen LogP contribution >= 0.6 is 0 Å². The zero-order chi connectivity index (χ0) is 15.2. The van der Waals surface area contributed by atoms with Gasteiger partial charge >= 0.3 is 0 Å². The second kappa shape index (κ2) is 7.25. The second-order valence-corrected chi connectivity index (χ2v) is 5.39. The number of ether oxygens (including phenoxy) is 2. The van der Waals surface area contributed by atoms with Crippen molar-refractivity contribution in [3.8, 4) is 5.75 Å². The fourth-order valence-electron chi connectivity index (χ4n) is 2.35. The maximum atomic E-state index is 6.12. The summed E-state index contributed by atoms with van der Waals surface area (Å²) in [5.74, 6) is 0.813. The first-order chi connectivity index (χ1) is 10.1. The fraction of sp³-hybridized carbons (Fsp3) is 0.333. The highest BCUT2D eigenvalue weighted by atomic mass is 16.5. The van der Waals surface area contributed by atoms with E-state index in [1.54, 1.807) is 7.11 Å². The van der Waals surface area contributed by atoms with E-state index in [0.717, 1.165) is 16.9 Å². The standard InChI is InChI=1S/C18H23NO2/c1-13-6-4-8-16(10-13)18(14(2)19)21-17-9-5-7-15(11-17)12-20-3/h4-11,14,18H,12,19H2,1-3H3. The summed E-state index contributed by atoms with van der Waals surface area (Å²) in [6, 6.07) is 16.1. The van der Waals surface area contributed by atoms with E-state index in [4.69, 9.17) is 15.2 Å². The molecule has 2 aromatic carbocycles. The summed E-state index contributed by atoms with van der Waals surface area (Å²) in [7, 11) is 1.69. The number of benzene rings is 2. The molecule has 0 bridgehead atoms. The molecule has 0 radical (unpaired) electrons. The Morgan fingerprint density at radius 3 is 2.52 bits per heavy atom. The van der Waals surface area contributed by atoms with Crippen LogP contribution < -0.4 is 10.5 Å². The van der Waals surface area contributed by atoms with Crippen LogP contribution in [0.5, 0.6) is 5.75 Å². The molecule has 112 valence electrons. The summed E-state index contributed by atoms with van der Waals surface area (Å²) in [4.78, 5) is 0. The molecule has 0 aliphatic carbocycles. The molecule has 0 amide bonds. The van der Waals surface area contributed by atoms with Crippen LogP contribution in [0.4, 0.5) is 0 Å². The van der Waals surface area contributed by atoms with Crippen molar-refractivity contribution in [1.29, 1.82) is 0 Å². The third kappa shape index (κ3) is 4.31. The zero-order valence-electron chi connectivity index (χ0n) is 12.9. The average Bonchev–Trinajstić information content (AvgIpc) is 2.45. The Bertz CT molecular complexity index is 581. The van der Waals surface area contributed by atoms with E-state index >= 15 is 0 Å². The van der Waals surface area contributed by atoms with Crippen LogP contribution in [0.3, 0.4) is 0 Å². The van der Waals surface area contributed by atoms with Crippen molar-refractivity contribution in [2.75, 3.05) is 7.11 Å². The third-order valence-corrected chi connectivity index (χ3v) is 3.32. The Morgan fingerprint density at radius 2 is 1.86 bits per heavy atom. The molecule has 0 saturated heterocycles. The van der Waals surface area contributed by atoms with Crippen molar-refractivity contribution >= 4 is 0 Å². The van der Waals surface area contributed by atoms with Gasteiger partial charge in [-0.25, -0.2) is 0 Å². The Labute approximate surface area is 126 Å². The van der Waals surface area contributed by atoms with Gasteiger partial charge in [-0.1, -0.05) is 42.0 Å². The van der Waals surface area contributed by atoms with Gasteiger partial charge in [-0.05, 0) is 37.1 Å². The molecule has 2 unspecified atom stereocenters. The predicted octanol–water partition coefficient (Wildman–Crippen LogP) is 3.61. The highest BCUT2D eigenvalue weighted by Gasteiger charge is 2.18. The third-order valence-electron chi connectivity index (χ3n) is 3.32. The summed E-state index contributed by atoms with van der Waals surface area (Å²) in [5.41, 5.74) is 9.50. The zero-order valence-corrected chi connectivity index (χ0v) is 12.9. The minimum absolute atomic E-state index is 0.0992. The lowest BCUT2D eigenvalue weighted by Gasteiger charge is -2.23. The van der Waals surface area contributed by atoms with Crippen LogP contribution in [0.25, 0.3) is 0 Å². The lowest BCUT2D eigenvalue weighted by molar-refractivity contribution is 0.175. The molecule has 3 nitrogen and oxygen atoms in total. The molecule has 0 heterocycles. The summed E-state index contributed by atoms with van der Waals surface area (Å²) in [6.45, 7) is 4.61. The molecule has 0 saturated carbocycles. The van der Waals surface area contributed by atoms with E-state index in [2.05, 4.69) is 25.1 Å². The molecule has 2 aromatic rings. The second-order valence-electron chi connectivity index (χ2n) is 5.39. The van der Waals surface area contributed by atoms with Gasteiger partial charge in [0.15, 0.2) is 0 Å². The molecular weight excluding hydrogens is 262 g/mol. The van der Waals surface area contributed by atoms with Gasteiger partial charge in [-0.3, -0.25) is 0 Å². The summed E-state index contributed by atoms with van der Waals surface area (Å²) >= 11 is 0. The van der Waals surface area contributed by atoms with Crippen LogP contribution in [0, 0.1) is 6.92 Å². The molecular formula is C18H23NO2. The van der Waals surface area contributed by atoms with Crippen molar-refractivity contribution < 1.29 is 9.47 Å². The number of rotatable bonds is 6. The van der Waals surface area contributed by atoms with Gasteiger partial charge in [0.05, 0.1) is 6.61 Å². The summed E-state index contributed by atoms with van der Waals surface area (Å²) in [6.07, 6.45) is -0.164. The molecule has 2 atom stereocenters. The van der Waals surface area contributed by atoms with E-state index in [1.165, 1.54) is 5.56 Å². The highest BCUT2D eigenvalue weighted by Crippen LogP contribution is 2.25. The van der Waals surface area contributed by atoms with Gasteiger partial charge in [-0.15, -0.1) is 0 Å². The molecule has 0 spiro atoms. The van der Waals surface area contributed by atoms with Crippen molar-refractivity contribution in [2.24, 2.45) is 5.73 Å². The molecule has 21 heavy (non-hydrogen) atoms. The van der Waals surface area contributed by atoms with Crippen molar-refractivity contribution in [2.45, 2.75) is 32.6 Å². The van der Waals surface area contributed by atoms with E-state index in [0.29, 0.717) is 6.61 Å². The fourth-order valence-corrected chi connectivity index (χ4v) is 2.35. The average molecular weight is 285 g/mol. The van der Waals surface area contributed by atoms with Crippen molar-refractivity contribution in [1.82, 2.24) is 0 Å². The van der Waals surface area contributed by atoms with Gasteiger partial charge in [0.1, 0.15) is 11.9 Å². The van der Waals surface area contributed by atoms with Gasteiger partial charge < -0.3 is 15.2 Å². The van der Waals surface area contributed by atoms with Crippen molar-refractivity contribution in [3.63, 3.8) is 0 Å². The first-order valence-electron chi connectivity index (χ1n) is 7.17. The van der Waals surface area contributed by atoms with E-state index in [1.807, 2.05) is 37.3 Å². The van der Waals surface area contributed by atoms with E-state index in [9.17, 15) is 0 Å². The highest BCUT2D eigenvalue weighted by molar-refractivity contribution is 5.31. The van der Waals surface area contributed by atoms with Crippen molar-refractivity contribution in [3.05, 3.63) is 65.2 Å². The number of hydrogen-bond acceptors (Lipinski definition) is 3. The van der Waals surface area contributed by atoms with Crippen LogP contribution in [0.1, 0.15) is 29.7 Å². The van der Waals surface area contributed by atoms with E-state index in [-0.39, 0.29) is 12.1 Å². The van der Waals surface area contributed by atoms with Crippen LogP contribution in [-0.2, 0) is 11.3 Å². The Balaban J connectivity index is 2.22. The van der Waals surface area contributed by atoms with Gasteiger partial charge in [0, 0.05) is 13.2 Å². The monoisotopic (exact) mass is 285 g/mol. The minimum atomic E-state index is -0.164. The molecule has 2 rings (SSSR count). The molecule has 0 aromatic heterocycles. The molecule has 0 fully saturated rings. The van der Waals surface area contributed by atoms with Crippen LogP contribution in [-0.4, -0.2) is 13.2 Å². The largest absolute Gasteiger partial charge is 0.484 e. The topological polar surface area (TPSA) is 44.5 Å². The molecule has 0 aliphatic heterocycles. The quantitative estimate of drug-likeness (QED) is 0.881. The lowest BCUT2D eigenvalue weighted by atomic mass is 10.0. The maximum absolute atomic E-state index is 6.12. The van der Waals surface area contributed by atoms with Gasteiger partial charge in [-0.2, -0.15) is 0 Å². The summed E-state index contributed by atoms with van der Waals surface area (Å²) in [5, 5.41) is 0. The normalized spacial score (nSPS) is 13.7. The number of methoxy groups -OCH3 is 1. The molecule has 3 heteroatoms. The SMILES string of the molecule is COCc1cccc(OC(c2cccc(C)c2)C(C)N)c1. The number of aryl methyl sites for hydroxylation is 1. The van der Waals surface area contributed by atoms with Crippen LogP contribution in [0.15, 0.2) is 48.5 Å². The lowest BCUT2D eigenvalue weighted by Crippen LogP contribution is -2.29.